The lowest BCUT2D eigenvalue weighted by Crippen LogP contribution is -2.40. The third-order valence-electron chi connectivity index (χ3n) is 6.54. The quantitative estimate of drug-likeness (QED) is 0.177. The second kappa shape index (κ2) is 12.9. The first-order valence-corrected chi connectivity index (χ1v) is 15.8. The van der Waals surface area contributed by atoms with E-state index in [9.17, 15) is 5.11 Å². The van der Waals surface area contributed by atoms with Crippen LogP contribution in [0.5, 0.6) is 0 Å². The van der Waals surface area contributed by atoms with Gasteiger partial charge in [0.25, 0.3) is 0 Å². The van der Waals surface area contributed by atoms with Crippen LogP contribution in [0.2, 0.25) is 0 Å². The summed E-state index contributed by atoms with van der Waals surface area (Å²) in [6.07, 6.45) is 0.748. The Morgan fingerprint density at radius 1 is 0.595 bits per heavy atom. The zero-order valence-corrected chi connectivity index (χ0v) is 24.0. The Hall–Kier alpha value is -2.34. The van der Waals surface area contributed by atoms with Crippen molar-refractivity contribution < 1.29 is 9.84 Å². The predicted octanol–water partition coefficient (Wildman–Crippen LogP) is 6.53. The molecule has 192 valence electrons. The Kier molecular flexibility index (Phi) is 9.69. The Morgan fingerprint density at radius 3 is 1.24 bits per heavy atom. The predicted molar refractivity (Wildman–Crippen MR) is 163 cm³/mol. The normalized spacial score (nSPS) is 14.5. The molecule has 0 aromatic heterocycles. The van der Waals surface area contributed by atoms with Gasteiger partial charge in [0.1, 0.15) is 0 Å². The summed E-state index contributed by atoms with van der Waals surface area (Å²) in [7, 11) is -1.28. The molecular formula is C33H38O2P2. The van der Waals surface area contributed by atoms with E-state index in [1.54, 1.807) is 13.8 Å². The smallest absolute Gasteiger partial charge is 0.160 e. The van der Waals surface area contributed by atoms with E-state index >= 15 is 0 Å². The number of hydrogen-bond donors (Lipinski definition) is 1. The van der Waals surface area contributed by atoms with Crippen LogP contribution in [0.3, 0.4) is 0 Å². The molecule has 0 radical (unpaired) electrons. The molecule has 3 atom stereocenters. The molecule has 0 amide bonds. The molecule has 0 unspecified atom stereocenters. The third kappa shape index (κ3) is 7.59. The molecule has 2 nitrogen and oxygen atoms in total. The Morgan fingerprint density at radius 2 is 0.919 bits per heavy atom. The molecule has 4 aromatic rings. The molecule has 0 saturated heterocycles. The number of benzene rings is 4. The second-order valence-electron chi connectivity index (χ2n) is 10.0. The van der Waals surface area contributed by atoms with E-state index in [0.717, 1.165) is 6.42 Å². The summed E-state index contributed by atoms with van der Waals surface area (Å²) in [5.41, 5.74) is 0.565. The molecule has 0 aliphatic rings. The van der Waals surface area contributed by atoms with Gasteiger partial charge in [-0.25, -0.2) is 0 Å². The minimum absolute atomic E-state index is 0.112. The highest BCUT2D eigenvalue weighted by Crippen LogP contribution is 2.47. The summed E-state index contributed by atoms with van der Waals surface area (Å²) in [5.74, 6) is -1.21. The molecule has 0 aliphatic carbocycles. The molecule has 4 aromatic carbocycles. The first-order valence-electron chi connectivity index (χ1n) is 13.0. The van der Waals surface area contributed by atoms with Crippen molar-refractivity contribution in [2.75, 3.05) is 0 Å². The number of ether oxygens (including phenoxy) is 1. The van der Waals surface area contributed by atoms with Crippen molar-refractivity contribution in [1.29, 1.82) is 0 Å². The van der Waals surface area contributed by atoms with Gasteiger partial charge in [-0.3, -0.25) is 0 Å². The fraction of sp³-hybridized carbons (Fsp3) is 0.273. The van der Waals surface area contributed by atoms with Crippen molar-refractivity contribution in [3.05, 3.63) is 121 Å². The lowest BCUT2D eigenvalue weighted by molar-refractivity contribution is -0.205. The zero-order valence-electron chi connectivity index (χ0n) is 22.2. The van der Waals surface area contributed by atoms with Gasteiger partial charge in [-0.15, -0.1) is 0 Å². The Labute approximate surface area is 225 Å². The highest BCUT2D eigenvalue weighted by atomic mass is 31.1. The minimum atomic E-state index is -1.21. The molecular weight excluding hydrogens is 490 g/mol. The molecule has 37 heavy (non-hydrogen) atoms. The molecule has 0 heterocycles. The van der Waals surface area contributed by atoms with Gasteiger partial charge in [0.05, 0.1) is 6.10 Å². The van der Waals surface area contributed by atoms with E-state index in [1.165, 1.54) is 21.2 Å². The van der Waals surface area contributed by atoms with Crippen LogP contribution in [0.1, 0.15) is 34.1 Å². The van der Waals surface area contributed by atoms with E-state index in [2.05, 4.69) is 135 Å². The maximum Gasteiger partial charge on any atom is 0.160 e. The summed E-state index contributed by atoms with van der Waals surface area (Å²) >= 11 is 0. The van der Waals surface area contributed by atoms with E-state index < -0.39 is 21.6 Å². The summed E-state index contributed by atoms with van der Waals surface area (Å²) in [6.45, 7) is 8.17. The van der Waals surface area contributed by atoms with Gasteiger partial charge >= 0.3 is 0 Å². The Balaban J connectivity index is 1.71. The summed E-state index contributed by atoms with van der Waals surface area (Å²) < 4.78 is 6.50. The van der Waals surface area contributed by atoms with Gasteiger partial charge in [0.2, 0.25) is 0 Å². The van der Waals surface area contributed by atoms with Crippen molar-refractivity contribution in [3.63, 3.8) is 0 Å². The molecule has 4 heteroatoms. The fourth-order valence-corrected chi connectivity index (χ4v) is 10.4. The van der Waals surface area contributed by atoms with Crippen molar-refractivity contribution in [2.24, 2.45) is 0 Å². The van der Waals surface area contributed by atoms with Crippen LogP contribution < -0.4 is 21.2 Å². The van der Waals surface area contributed by atoms with Gasteiger partial charge in [0.15, 0.2) is 5.79 Å². The van der Waals surface area contributed by atoms with Gasteiger partial charge in [0, 0.05) is 5.66 Å². The highest BCUT2D eigenvalue weighted by molar-refractivity contribution is 7.74. The molecule has 4 rings (SSSR count). The number of aliphatic hydroxyl groups is 1. The first kappa shape index (κ1) is 27.7. The van der Waals surface area contributed by atoms with E-state index in [-0.39, 0.29) is 11.8 Å². The summed E-state index contributed by atoms with van der Waals surface area (Å²) in [4.78, 5) is 0. The van der Waals surface area contributed by atoms with Crippen LogP contribution in [0.25, 0.3) is 0 Å². The average molecular weight is 529 g/mol. The standard InChI is InChI=1S/C33H38O2P2/c1-26(36(28-17-9-5-10-18-28)29-19-11-6-12-20-29)25-32(35-33(3,4)34)27(2)37(30-21-13-7-14-22-30)31-23-15-8-16-24-31/h5-24,26-27,32,34H,25H2,1-4H3/t26-,27-,32-/m0/s1. The molecule has 0 saturated carbocycles. The second-order valence-corrected chi connectivity index (χ2v) is 15.3. The van der Waals surface area contributed by atoms with Gasteiger partial charge in [-0.05, 0) is 63.0 Å². The van der Waals surface area contributed by atoms with Crippen LogP contribution in [-0.4, -0.2) is 28.3 Å². The van der Waals surface area contributed by atoms with Crippen LogP contribution in [0.15, 0.2) is 121 Å². The largest absolute Gasteiger partial charge is 0.366 e. The van der Waals surface area contributed by atoms with Crippen molar-refractivity contribution in [3.8, 4) is 0 Å². The molecule has 0 aliphatic heterocycles. The maximum absolute atomic E-state index is 10.8. The number of hydrogen-bond acceptors (Lipinski definition) is 2. The molecule has 0 fully saturated rings. The van der Waals surface area contributed by atoms with Crippen LogP contribution in [-0.2, 0) is 4.74 Å². The van der Waals surface area contributed by atoms with Crippen molar-refractivity contribution in [2.45, 2.75) is 57.3 Å². The third-order valence-corrected chi connectivity index (χ3v) is 12.2. The minimum Gasteiger partial charge on any atom is -0.366 e. The topological polar surface area (TPSA) is 29.5 Å². The lowest BCUT2D eigenvalue weighted by atomic mass is 10.1. The fourth-order valence-electron chi connectivity index (χ4n) is 4.95. The Bertz CT molecular complexity index is 1120. The SMILES string of the molecule is C[C@@H](C[C@H](OC(C)(C)O)[C@H](C)P(c1ccccc1)c1ccccc1)P(c1ccccc1)c1ccccc1. The van der Waals surface area contributed by atoms with E-state index in [4.69, 9.17) is 4.74 Å². The highest BCUT2D eigenvalue weighted by Gasteiger charge is 2.35. The lowest BCUT2D eigenvalue weighted by Gasteiger charge is -2.38. The zero-order chi connectivity index (χ0) is 26.3. The molecule has 0 bridgehead atoms. The maximum atomic E-state index is 10.8. The summed E-state index contributed by atoms with van der Waals surface area (Å²) in [6, 6.07) is 43.3. The molecule has 1 N–H and O–H groups in total. The van der Waals surface area contributed by atoms with Gasteiger partial charge in [-0.2, -0.15) is 0 Å². The monoisotopic (exact) mass is 528 g/mol. The van der Waals surface area contributed by atoms with Crippen molar-refractivity contribution in [1.82, 2.24) is 0 Å². The summed E-state index contributed by atoms with van der Waals surface area (Å²) in [5, 5.41) is 16.3. The average Bonchev–Trinajstić information content (AvgIpc) is 2.90. The molecule has 0 spiro atoms. The van der Waals surface area contributed by atoms with Crippen LogP contribution in [0, 0.1) is 0 Å². The van der Waals surface area contributed by atoms with Crippen LogP contribution in [0.4, 0.5) is 0 Å². The first-order chi connectivity index (χ1) is 17.8. The van der Waals surface area contributed by atoms with Gasteiger partial charge in [-0.1, -0.05) is 135 Å². The van der Waals surface area contributed by atoms with Crippen molar-refractivity contribution >= 4 is 37.1 Å². The van der Waals surface area contributed by atoms with Gasteiger partial charge < -0.3 is 9.84 Å². The van der Waals surface area contributed by atoms with E-state index in [0.29, 0.717) is 5.66 Å². The van der Waals surface area contributed by atoms with Crippen LogP contribution >= 0.6 is 15.8 Å². The van der Waals surface area contributed by atoms with E-state index in [1.807, 2.05) is 0 Å². The number of rotatable bonds is 11.